The lowest BCUT2D eigenvalue weighted by Gasteiger charge is -2.06. The molecule has 1 rings (SSSR count). The van der Waals surface area contributed by atoms with Crippen LogP contribution in [0.4, 0.5) is 0 Å². The van der Waals surface area contributed by atoms with E-state index in [-0.39, 0.29) is 18.1 Å². The third-order valence-corrected chi connectivity index (χ3v) is 3.80. The highest BCUT2D eigenvalue weighted by Gasteiger charge is 2.22. The first-order chi connectivity index (χ1) is 11.3. The van der Waals surface area contributed by atoms with E-state index >= 15 is 0 Å². The van der Waals surface area contributed by atoms with Crippen LogP contribution in [0.3, 0.4) is 0 Å². The molecule has 1 aromatic carbocycles. The van der Waals surface area contributed by atoms with Gasteiger partial charge in [-0.2, -0.15) is 8.42 Å². The number of rotatable bonds is 8. The van der Waals surface area contributed by atoms with Gasteiger partial charge in [-0.15, -0.1) is 0 Å². The molecule has 0 unspecified atom stereocenters. The van der Waals surface area contributed by atoms with Crippen molar-refractivity contribution < 1.29 is 31.8 Å². The Morgan fingerprint density at radius 2 is 1.62 bits per heavy atom. The number of carbonyl (C=O) groups excluding carboxylic acids is 2. The van der Waals surface area contributed by atoms with E-state index in [1.165, 1.54) is 12.1 Å². The first-order valence-electron chi connectivity index (χ1n) is 7.20. The zero-order chi connectivity index (χ0) is 18.2. The second-order valence-electron chi connectivity index (χ2n) is 4.58. The summed E-state index contributed by atoms with van der Waals surface area (Å²) >= 11 is 0. The minimum absolute atomic E-state index is 0.0331. The Balaban J connectivity index is 2.98. The highest BCUT2D eigenvalue weighted by Crippen LogP contribution is 2.14. The van der Waals surface area contributed by atoms with E-state index in [0.717, 1.165) is 5.56 Å². The van der Waals surface area contributed by atoms with Gasteiger partial charge in [-0.05, 0) is 32.9 Å². The second kappa shape index (κ2) is 9.02. The van der Waals surface area contributed by atoms with E-state index in [2.05, 4.69) is 9.44 Å². The SMILES string of the molecule is CCOC(=O)C/C(=N/OS(=O)(=O)c1ccc(C)cc1)C(=O)OCC. The molecule has 0 fully saturated rings. The Morgan fingerprint density at radius 3 is 2.17 bits per heavy atom. The number of benzene rings is 1. The molecule has 0 N–H and O–H groups in total. The van der Waals surface area contributed by atoms with Gasteiger partial charge < -0.3 is 9.47 Å². The fraction of sp³-hybridized carbons (Fsp3) is 0.400. The molecule has 0 aliphatic rings. The summed E-state index contributed by atoms with van der Waals surface area (Å²) in [6, 6.07) is 5.86. The van der Waals surface area contributed by atoms with E-state index < -0.39 is 34.2 Å². The number of hydrogen-bond acceptors (Lipinski definition) is 8. The predicted molar refractivity (Wildman–Crippen MR) is 84.8 cm³/mol. The maximum Gasteiger partial charge on any atom is 0.358 e. The van der Waals surface area contributed by atoms with E-state index in [9.17, 15) is 18.0 Å². The van der Waals surface area contributed by atoms with Crippen molar-refractivity contribution in [2.45, 2.75) is 32.1 Å². The van der Waals surface area contributed by atoms with Crippen molar-refractivity contribution in [1.29, 1.82) is 0 Å². The highest BCUT2D eigenvalue weighted by molar-refractivity contribution is 7.86. The van der Waals surface area contributed by atoms with E-state index in [1.54, 1.807) is 32.9 Å². The van der Waals surface area contributed by atoms with Crippen LogP contribution in [-0.2, 0) is 33.5 Å². The molecule has 0 amide bonds. The van der Waals surface area contributed by atoms with Gasteiger partial charge in [-0.3, -0.25) is 9.08 Å². The van der Waals surface area contributed by atoms with Crippen LogP contribution in [0.2, 0.25) is 0 Å². The van der Waals surface area contributed by atoms with Crippen LogP contribution in [0.1, 0.15) is 25.8 Å². The van der Waals surface area contributed by atoms with Crippen LogP contribution in [0, 0.1) is 6.92 Å². The molecule has 0 aliphatic heterocycles. The lowest BCUT2D eigenvalue weighted by molar-refractivity contribution is -0.143. The fourth-order valence-electron chi connectivity index (χ4n) is 1.55. The van der Waals surface area contributed by atoms with Gasteiger partial charge in [0.25, 0.3) is 0 Å². The third-order valence-electron chi connectivity index (χ3n) is 2.68. The topological polar surface area (TPSA) is 108 Å². The Kier molecular flexibility index (Phi) is 7.37. The van der Waals surface area contributed by atoms with E-state index in [1.807, 2.05) is 0 Å². The second-order valence-corrected chi connectivity index (χ2v) is 6.11. The predicted octanol–water partition coefficient (Wildman–Crippen LogP) is 1.57. The molecule has 0 spiro atoms. The van der Waals surface area contributed by atoms with E-state index in [4.69, 9.17) is 9.47 Å². The zero-order valence-corrected chi connectivity index (χ0v) is 14.5. The first kappa shape index (κ1) is 19.6. The van der Waals surface area contributed by atoms with Gasteiger partial charge in [-0.25, -0.2) is 4.79 Å². The van der Waals surface area contributed by atoms with Crippen LogP contribution in [0.25, 0.3) is 0 Å². The number of hydrogen-bond donors (Lipinski definition) is 0. The van der Waals surface area contributed by atoms with Crippen molar-refractivity contribution in [2.75, 3.05) is 13.2 Å². The van der Waals surface area contributed by atoms with Gasteiger partial charge in [0.1, 0.15) is 4.90 Å². The quantitative estimate of drug-likeness (QED) is 0.395. The summed E-state index contributed by atoms with van der Waals surface area (Å²) in [7, 11) is -4.22. The molecule has 0 aliphatic carbocycles. The minimum atomic E-state index is -4.22. The monoisotopic (exact) mass is 357 g/mol. The Hall–Kier alpha value is -2.42. The van der Waals surface area contributed by atoms with Crippen molar-refractivity contribution in [3.63, 3.8) is 0 Å². The molecule has 9 heteroatoms. The number of oxime groups is 1. The summed E-state index contributed by atoms with van der Waals surface area (Å²) in [5.74, 6) is -1.70. The lowest BCUT2D eigenvalue weighted by Crippen LogP contribution is -2.23. The molecular formula is C15H19NO7S. The number of aryl methyl sites for hydroxylation is 1. The molecule has 132 valence electrons. The first-order valence-corrected chi connectivity index (χ1v) is 8.61. The van der Waals surface area contributed by atoms with Gasteiger partial charge in [0.2, 0.25) is 0 Å². The molecule has 1 aromatic rings. The van der Waals surface area contributed by atoms with Crippen LogP contribution < -0.4 is 0 Å². The molecule has 24 heavy (non-hydrogen) atoms. The Morgan fingerprint density at radius 1 is 1.04 bits per heavy atom. The third kappa shape index (κ3) is 5.99. The smallest absolute Gasteiger partial charge is 0.358 e. The van der Waals surface area contributed by atoms with Crippen LogP contribution >= 0.6 is 0 Å². The summed E-state index contributed by atoms with van der Waals surface area (Å²) in [5, 5.41) is 3.29. The molecule has 0 aromatic heterocycles. The van der Waals surface area contributed by atoms with Crippen molar-refractivity contribution in [3.05, 3.63) is 29.8 Å². The van der Waals surface area contributed by atoms with Crippen molar-refractivity contribution in [1.82, 2.24) is 0 Å². The summed E-state index contributed by atoms with van der Waals surface area (Å²) in [4.78, 5) is 23.1. The Labute approximate surface area is 140 Å². The average molecular weight is 357 g/mol. The van der Waals surface area contributed by atoms with Crippen molar-refractivity contribution in [3.8, 4) is 0 Å². The van der Waals surface area contributed by atoms with Gasteiger partial charge in [0.05, 0.1) is 19.6 Å². The van der Waals surface area contributed by atoms with Gasteiger partial charge >= 0.3 is 22.1 Å². The van der Waals surface area contributed by atoms with Crippen LogP contribution in [-0.4, -0.2) is 39.3 Å². The van der Waals surface area contributed by atoms with Crippen molar-refractivity contribution >= 4 is 27.8 Å². The molecule has 0 bridgehead atoms. The number of carbonyl (C=O) groups is 2. The van der Waals surface area contributed by atoms with E-state index in [0.29, 0.717) is 0 Å². The van der Waals surface area contributed by atoms with Crippen LogP contribution in [0.5, 0.6) is 0 Å². The number of ether oxygens (including phenoxy) is 2. The van der Waals surface area contributed by atoms with Gasteiger partial charge in [0.15, 0.2) is 5.71 Å². The summed E-state index contributed by atoms with van der Waals surface area (Å²) < 4.78 is 38.0. The maximum absolute atomic E-state index is 12.0. The fourth-order valence-corrected chi connectivity index (χ4v) is 2.29. The normalized spacial score (nSPS) is 11.7. The van der Waals surface area contributed by atoms with Crippen LogP contribution in [0.15, 0.2) is 34.3 Å². The summed E-state index contributed by atoms with van der Waals surface area (Å²) in [6.07, 6.45) is -0.559. The average Bonchev–Trinajstić information content (AvgIpc) is 2.52. The minimum Gasteiger partial charge on any atom is -0.466 e. The molecule has 0 heterocycles. The molecule has 0 saturated heterocycles. The highest BCUT2D eigenvalue weighted by atomic mass is 32.2. The zero-order valence-electron chi connectivity index (χ0n) is 13.6. The summed E-state index contributed by atoms with van der Waals surface area (Å²) in [6.45, 7) is 5.09. The molecular weight excluding hydrogens is 338 g/mol. The molecule has 0 atom stereocenters. The van der Waals surface area contributed by atoms with Gasteiger partial charge in [0, 0.05) is 0 Å². The summed E-state index contributed by atoms with van der Waals surface area (Å²) in [5.41, 5.74) is 0.373. The molecule has 0 radical (unpaired) electrons. The lowest BCUT2D eigenvalue weighted by atomic mass is 10.2. The van der Waals surface area contributed by atoms with Gasteiger partial charge in [-0.1, -0.05) is 22.9 Å². The standard InChI is InChI=1S/C15H19NO7S/c1-4-21-14(17)10-13(15(18)22-5-2)16-23-24(19,20)12-8-6-11(3)7-9-12/h6-9H,4-5,10H2,1-3H3/b16-13-. The number of esters is 2. The molecule has 0 saturated carbocycles. The Bertz CT molecular complexity index is 708. The largest absolute Gasteiger partial charge is 0.466 e. The molecule has 8 nitrogen and oxygen atoms in total. The van der Waals surface area contributed by atoms with Crippen molar-refractivity contribution in [2.24, 2.45) is 5.16 Å². The maximum atomic E-state index is 12.0. The number of nitrogens with zero attached hydrogens (tertiary/aromatic N) is 1.